The lowest BCUT2D eigenvalue weighted by Crippen LogP contribution is -2.58. The van der Waals surface area contributed by atoms with Gasteiger partial charge in [-0.15, -0.1) is 0 Å². The monoisotopic (exact) mass is 278 g/mol. The summed E-state index contributed by atoms with van der Waals surface area (Å²) >= 11 is 5.47. The van der Waals surface area contributed by atoms with Crippen molar-refractivity contribution in [1.82, 2.24) is 10.2 Å². The topological polar surface area (TPSA) is 32.3 Å². The number of thiocarbonyl (C=S) groups is 1. The second-order valence-electron chi connectivity index (χ2n) is 5.38. The van der Waals surface area contributed by atoms with Crippen LogP contribution in [0, 0.1) is 5.92 Å². The maximum absolute atomic E-state index is 12.3. The molecule has 0 aliphatic rings. The summed E-state index contributed by atoms with van der Waals surface area (Å²) in [4.78, 5) is 14.9. The van der Waals surface area contributed by atoms with Crippen LogP contribution in [0.4, 0.5) is 0 Å². The zero-order chi connectivity index (χ0) is 14.6. The fourth-order valence-corrected chi connectivity index (χ4v) is 2.09. The fourth-order valence-electron chi connectivity index (χ4n) is 1.81. The van der Waals surface area contributed by atoms with E-state index in [0.717, 1.165) is 4.99 Å². The molecule has 0 radical (unpaired) electrons. The van der Waals surface area contributed by atoms with Crippen LogP contribution in [-0.4, -0.2) is 35.4 Å². The molecule has 0 bridgehead atoms. The minimum atomic E-state index is -0.536. The van der Waals surface area contributed by atoms with Crippen LogP contribution in [0.25, 0.3) is 0 Å². The number of hydrogen-bond acceptors (Lipinski definition) is 2. The summed E-state index contributed by atoms with van der Waals surface area (Å²) in [5.74, 6) is 0.107. The summed E-state index contributed by atoms with van der Waals surface area (Å²) in [6.45, 7) is 6.09. The van der Waals surface area contributed by atoms with Crippen LogP contribution in [0.15, 0.2) is 30.3 Å². The van der Waals surface area contributed by atoms with Crippen LogP contribution in [0.3, 0.4) is 0 Å². The second kappa shape index (κ2) is 6.15. The highest BCUT2D eigenvalue weighted by Crippen LogP contribution is 2.21. The van der Waals surface area contributed by atoms with E-state index in [1.165, 1.54) is 0 Å². The fraction of sp³-hybridized carbons (Fsp3) is 0.467. The summed E-state index contributed by atoms with van der Waals surface area (Å²) in [7, 11) is 3.80. The Kier molecular flexibility index (Phi) is 5.06. The molecule has 1 N–H and O–H groups in total. The highest BCUT2D eigenvalue weighted by molar-refractivity contribution is 7.80. The van der Waals surface area contributed by atoms with Gasteiger partial charge in [-0.1, -0.05) is 44.3 Å². The normalized spacial score (nSPS) is 13.8. The SMILES string of the molecule is CC(C)C(C)(NC(=O)c1ccccc1)C(=S)N(C)C. The van der Waals surface area contributed by atoms with Crippen LogP contribution in [0.2, 0.25) is 0 Å². The lowest BCUT2D eigenvalue weighted by atomic mass is 9.87. The molecule has 0 fully saturated rings. The molecular formula is C15H22N2OS. The van der Waals surface area contributed by atoms with Crippen molar-refractivity contribution < 1.29 is 4.79 Å². The van der Waals surface area contributed by atoms with Gasteiger partial charge in [0.2, 0.25) is 0 Å². The Balaban J connectivity index is 2.98. The molecule has 0 heterocycles. The smallest absolute Gasteiger partial charge is 0.252 e. The van der Waals surface area contributed by atoms with E-state index in [2.05, 4.69) is 19.2 Å². The number of carbonyl (C=O) groups is 1. The van der Waals surface area contributed by atoms with Gasteiger partial charge in [-0.3, -0.25) is 4.79 Å². The van der Waals surface area contributed by atoms with Gasteiger partial charge in [0.05, 0.1) is 5.54 Å². The molecule has 0 aromatic heterocycles. The van der Waals surface area contributed by atoms with Gasteiger partial charge < -0.3 is 10.2 Å². The third-order valence-corrected chi connectivity index (χ3v) is 4.20. The molecule has 1 aromatic carbocycles. The molecule has 0 spiro atoms. The first-order valence-corrected chi connectivity index (χ1v) is 6.79. The van der Waals surface area contributed by atoms with Crippen LogP contribution in [0.5, 0.6) is 0 Å². The molecule has 19 heavy (non-hydrogen) atoms. The molecule has 0 aliphatic carbocycles. The van der Waals surface area contributed by atoms with Crippen molar-refractivity contribution in [3.05, 3.63) is 35.9 Å². The maximum atomic E-state index is 12.3. The summed E-state index contributed by atoms with van der Waals surface area (Å²) in [6.07, 6.45) is 0. The van der Waals surface area contributed by atoms with Crippen molar-refractivity contribution in [2.24, 2.45) is 5.92 Å². The quantitative estimate of drug-likeness (QED) is 0.860. The summed E-state index contributed by atoms with van der Waals surface area (Å²) < 4.78 is 0. The Morgan fingerprint density at radius 1 is 1.26 bits per heavy atom. The molecule has 1 unspecified atom stereocenters. The van der Waals surface area contributed by atoms with Crippen LogP contribution in [0.1, 0.15) is 31.1 Å². The molecule has 0 saturated heterocycles. The van der Waals surface area contributed by atoms with Gasteiger partial charge in [0, 0.05) is 19.7 Å². The van der Waals surface area contributed by atoms with Crippen molar-refractivity contribution >= 4 is 23.1 Å². The van der Waals surface area contributed by atoms with E-state index >= 15 is 0 Å². The van der Waals surface area contributed by atoms with E-state index in [1.807, 2.05) is 44.1 Å². The number of hydrogen-bond donors (Lipinski definition) is 1. The Labute approximate surface area is 121 Å². The molecule has 1 rings (SSSR count). The minimum absolute atomic E-state index is 0.0963. The summed E-state index contributed by atoms with van der Waals surface area (Å²) in [5.41, 5.74) is 0.113. The summed E-state index contributed by atoms with van der Waals surface area (Å²) in [6, 6.07) is 9.20. The predicted octanol–water partition coefficient (Wildman–Crippen LogP) is 2.72. The third-order valence-electron chi connectivity index (χ3n) is 3.41. The molecule has 1 aromatic rings. The molecule has 0 aliphatic heterocycles. The average molecular weight is 278 g/mol. The Morgan fingerprint density at radius 2 is 1.79 bits per heavy atom. The second-order valence-corrected chi connectivity index (χ2v) is 5.76. The van der Waals surface area contributed by atoms with Crippen molar-refractivity contribution in [3.8, 4) is 0 Å². The van der Waals surface area contributed by atoms with E-state index in [4.69, 9.17) is 12.2 Å². The Bertz CT molecular complexity index is 456. The van der Waals surface area contributed by atoms with Crippen LogP contribution >= 0.6 is 12.2 Å². The van der Waals surface area contributed by atoms with Crippen LogP contribution < -0.4 is 5.32 Å². The van der Waals surface area contributed by atoms with Crippen LogP contribution in [-0.2, 0) is 0 Å². The maximum Gasteiger partial charge on any atom is 0.252 e. The van der Waals surface area contributed by atoms with Crippen molar-refractivity contribution in [3.63, 3.8) is 0 Å². The lowest BCUT2D eigenvalue weighted by Gasteiger charge is -2.38. The van der Waals surface area contributed by atoms with Gasteiger partial charge in [-0.25, -0.2) is 0 Å². The third kappa shape index (κ3) is 3.53. The van der Waals surface area contributed by atoms with Crippen molar-refractivity contribution in [1.29, 1.82) is 0 Å². The van der Waals surface area contributed by atoms with Gasteiger partial charge in [-0.05, 0) is 25.0 Å². The van der Waals surface area contributed by atoms with Gasteiger partial charge in [-0.2, -0.15) is 0 Å². The first kappa shape index (κ1) is 15.6. The van der Waals surface area contributed by atoms with E-state index in [9.17, 15) is 4.79 Å². The molecular weight excluding hydrogens is 256 g/mol. The molecule has 104 valence electrons. The molecule has 1 amide bonds. The van der Waals surface area contributed by atoms with Crippen molar-refractivity contribution in [2.75, 3.05) is 14.1 Å². The highest BCUT2D eigenvalue weighted by atomic mass is 32.1. The van der Waals surface area contributed by atoms with Gasteiger partial charge in [0.25, 0.3) is 5.91 Å². The Hall–Kier alpha value is -1.42. The van der Waals surface area contributed by atoms with Gasteiger partial charge >= 0.3 is 0 Å². The first-order valence-electron chi connectivity index (χ1n) is 6.38. The van der Waals surface area contributed by atoms with E-state index in [0.29, 0.717) is 5.56 Å². The number of nitrogens with one attached hydrogen (secondary N) is 1. The zero-order valence-electron chi connectivity index (χ0n) is 12.2. The number of amides is 1. The van der Waals surface area contributed by atoms with E-state index in [-0.39, 0.29) is 11.8 Å². The molecule has 1 atom stereocenters. The highest BCUT2D eigenvalue weighted by Gasteiger charge is 2.36. The number of benzene rings is 1. The van der Waals surface area contributed by atoms with Gasteiger partial charge in [0.15, 0.2) is 0 Å². The predicted molar refractivity (Wildman–Crippen MR) is 83.4 cm³/mol. The number of rotatable bonds is 4. The Morgan fingerprint density at radius 3 is 2.21 bits per heavy atom. The van der Waals surface area contributed by atoms with E-state index < -0.39 is 5.54 Å². The largest absolute Gasteiger partial charge is 0.370 e. The zero-order valence-corrected chi connectivity index (χ0v) is 13.0. The molecule has 3 nitrogen and oxygen atoms in total. The number of likely N-dealkylation sites (N-methyl/N-ethyl adjacent to an activating group) is 1. The summed E-state index contributed by atoms with van der Waals surface area (Å²) in [5, 5.41) is 3.07. The minimum Gasteiger partial charge on any atom is -0.370 e. The van der Waals surface area contributed by atoms with E-state index in [1.54, 1.807) is 12.1 Å². The lowest BCUT2D eigenvalue weighted by molar-refractivity contribution is 0.0910. The average Bonchev–Trinajstić information content (AvgIpc) is 2.38. The number of nitrogens with zero attached hydrogens (tertiary/aromatic N) is 1. The molecule has 0 saturated carbocycles. The van der Waals surface area contributed by atoms with Crippen molar-refractivity contribution in [2.45, 2.75) is 26.3 Å². The first-order chi connectivity index (χ1) is 8.79. The number of carbonyl (C=O) groups excluding carboxylic acids is 1. The standard InChI is InChI=1S/C15H22N2OS/c1-11(2)15(3,14(19)17(4)5)16-13(18)12-9-7-6-8-10-12/h6-11H,1-5H3,(H,16,18). The molecule has 4 heteroatoms. The van der Waals surface area contributed by atoms with Gasteiger partial charge in [0.1, 0.15) is 4.99 Å².